The van der Waals surface area contributed by atoms with Gasteiger partial charge in [-0.15, -0.1) is 0 Å². The number of aromatic amines is 1. The Kier molecular flexibility index (Phi) is 2.41. The number of H-pyrrole nitrogens is 1. The number of para-hydroxylation sites is 2. The first-order valence-corrected chi connectivity index (χ1v) is 6.39. The van der Waals surface area contributed by atoms with Crippen LogP contribution in [-0.2, 0) is 0 Å². The highest BCUT2D eigenvalue weighted by molar-refractivity contribution is 5.94. The second kappa shape index (κ2) is 4.28. The Bertz CT molecular complexity index is 1030. The van der Waals surface area contributed by atoms with Crippen LogP contribution in [0.4, 0.5) is 4.39 Å². The number of nitrogens with zero attached hydrogens (tertiary/aromatic N) is 1. The molecule has 0 aliphatic rings. The molecule has 0 saturated heterocycles. The quantitative estimate of drug-likeness (QED) is 0.580. The van der Waals surface area contributed by atoms with Crippen LogP contribution in [0, 0.1) is 5.82 Å². The summed E-state index contributed by atoms with van der Waals surface area (Å²) in [4.78, 5) is 18.5. The van der Waals surface area contributed by atoms with Gasteiger partial charge in [0, 0.05) is 10.9 Å². The van der Waals surface area contributed by atoms with Crippen molar-refractivity contribution < 1.29 is 8.81 Å². The summed E-state index contributed by atoms with van der Waals surface area (Å²) in [7, 11) is 0. The molecular weight excluding hydrogens is 271 g/mol. The normalized spacial score (nSPS) is 11.3. The van der Waals surface area contributed by atoms with E-state index in [-0.39, 0.29) is 11.1 Å². The van der Waals surface area contributed by atoms with Gasteiger partial charge < -0.3 is 9.40 Å². The zero-order chi connectivity index (χ0) is 14.4. The third kappa shape index (κ3) is 1.74. The van der Waals surface area contributed by atoms with E-state index in [4.69, 9.17) is 4.42 Å². The third-order valence-corrected chi connectivity index (χ3v) is 3.43. The van der Waals surface area contributed by atoms with Crippen molar-refractivity contribution in [1.29, 1.82) is 0 Å². The summed E-state index contributed by atoms with van der Waals surface area (Å²) in [6, 6.07) is 11.7. The SMILES string of the molecule is O=c1[nH]cnc2c(-c3cc4cccc(F)c4o3)cccc12. The number of aromatic nitrogens is 2. The molecule has 0 saturated carbocycles. The molecule has 0 bridgehead atoms. The molecule has 5 heteroatoms. The number of hydrogen-bond acceptors (Lipinski definition) is 3. The lowest BCUT2D eigenvalue weighted by Gasteiger charge is -2.01. The molecule has 102 valence electrons. The van der Waals surface area contributed by atoms with Gasteiger partial charge in [-0.3, -0.25) is 4.79 Å². The molecule has 21 heavy (non-hydrogen) atoms. The average Bonchev–Trinajstić information content (AvgIpc) is 2.93. The van der Waals surface area contributed by atoms with Gasteiger partial charge in [-0.05, 0) is 24.3 Å². The number of benzene rings is 2. The van der Waals surface area contributed by atoms with Gasteiger partial charge in [0.25, 0.3) is 5.56 Å². The summed E-state index contributed by atoms with van der Waals surface area (Å²) in [6.45, 7) is 0. The third-order valence-electron chi connectivity index (χ3n) is 3.43. The van der Waals surface area contributed by atoms with Crippen molar-refractivity contribution in [2.45, 2.75) is 0 Å². The van der Waals surface area contributed by atoms with Crippen LogP contribution in [0.25, 0.3) is 33.2 Å². The minimum absolute atomic E-state index is 0.203. The Morgan fingerprint density at radius 3 is 2.86 bits per heavy atom. The molecule has 0 atom stereocenters. The van der Waals surface area contributed by atoms with E-state index in [0.29, 0.717) is 27.6 Å². The monoisotopic (exact) mass is 280 g/mol. The van der Waals surface area contributed by atoms with Crippen LogP contribution in [0.5, 0.6) is 0 Å². The minimum Gasteiger partial charge on any atom is -0.453 e. The van der Waals surface area contributed by atoms with E-state index in [0.717, 1.165) is 0 Å². The summed E-state index contributed by atoms with van der Waals surface area (Å²) >= 11 is 0. The van der Waals surface area contributed by atoms with Crippen molar-refractivity contribution in [2.75, 3.05) is 0 Å². The Balaban J connectivity index is 2.07. The highest BCUT2D eigenvalue weighted by atomic mass is 19.1. The summed E-state index contributed by atoms with van der Waals surface area (Å²) in [5, 5.41) is 1.14. The summed E-state index contributed by atoms with van der Waals surface area (Å²) < 4.78 is 19.3. The first-order chi connectivity index (χ1) is 10.2. The highest BCUT2D eigenvalue weighted by Crippen LogP contribution is 2.32. The molecule has 0 unspecified atom stereocenters. The lowest BCUT2D eigenvalue weighted by atomic mass is 10.1. The van der Waals surface area contributed by atoms with Crippen LogP contribution < -0.4 is 5.56 Å². The van der Waals surface area contributed by atoms with Crippen LogP contribution >= 0.6 is 0 Å². The van der Waals surface area contributed by atoms with Crippen LogP contribution in [0.1, 0.15) is 0 Å². The Hall–Kier alpha value is -2.95. The van der Waals surface area contributed by atoms with Gasteiger partial charge in [0.05, 0.1) is 17.2 Å². The molecule has 2 aromatic carbocycles. The lowest BCUT2D eigenvalue weighted by Crippen LogP contribution is -2.06. The second-order valence-electron chi connectivity index (χ2n) is 4.70. The van der Waals surface area contributed by atoms with E-state index in [9.17, 15) is 9.18 Å². The van der Waals surface area contributed by atoms with Crippen LogP contribution in [0.2, 0.25) is 0 Å². The highest BCUT2D eigenvalue weighted by Gasteiger charge is 2.13. The predicted molar refractivity (Wildman–Crippen MR) is 77.5 cm³/mol. The van der Waals surface area contributed by atoms with Crippen molar-refractivity contribution in [3.05, 3.63) is 65.0 Å². The number of fused-ring (bicyclic) bond motifs is 2. The summed E-state index contributed by atoms with van der Waals surface area (Å²) in [5.41, 5.74) is 1.17. The van der Waals surface area contributed by atoms with Gasteiger partial charge >= 0.3 is 0 Å². The van der Waals surface area contributed by atoms with Crippen molar-refractivity contribution in [1.82, 2.24) is 9.97 Å². The molecule has 4 aromatic rings. The number of halogens is 1. The molecule has 1 N–H and O–H groups in total. The van der Waals surface area contributed by atoms with Gasteiger partial charge in [-0.2, -0.15) is 0 Å². The standard InChI is InChI=1S/C16H9FN2O2/c17-12-6-1-3-9-7-13(21-15(9)12)10-4-2-5-11-14(10)18-8-19-16(11)20/h1-8H,(H,18,19,20). The smallest absolute Gasteiger partial charge is 0.258 e. The van der Waals surface area contributed by atoms with Crippen molar-refractivity contribution in [3.63, 3.8) is 0 Å². The average molecular weight is 280 g/mol. The van der Waals surface area contributed by atoms with Gasteiger partial charge in [0.1, 0.15) is 5.76 Å². The molecule has 2 heterocycles. The van der Waals surface area contributed by atoms with E-state index in [1.165, 1.54) is 12.4 Å². The molecule has 0 aliphatic heterocycles. The number of rotatable bonds is 1. The Labute approximate surface area is 117 Å². The van der Waals surface area contributed by atoms with E-state index in [1.54, 1.807) is 36.4 Å². The second-order valence-corrected chi connectivity index (χ2v) is 4.70. The number of furan rings is 1. The topological polar surface area (TPSA) is 58.9 Å². The fourth-order valence-electron chi connectivity index (χ4n) is 2.46. The molecule has 2 aromatic heterocycles. The largest absolute Gasteiger partial charge is 0.453 e. The molecular formula is C16H9FN2O2. The van der Waals surface area contributed by atoms with Crippen molar-refractivity contribution in [2.24, 2.45) is 0 Å². The number of nitrogens with one attached hydrogen (secondary N) is 1. The molecule has 4 nitrogen and oxygen atoms in total. The summed E-state index contributed by atoms with van der Waals surface area (Å²) in [6.07, 6.45) is 1.34. The fraction of sp³-hybridized carbons (Fsp3) is 0. The van der Waals surface area contributed by atoms with Crippen molar-refractivity contribution in [3.8, 4) is 11.3 Å². The maximum absolute atomic E-state index is 13.7. The summed E-state index contributed by atoms with van der Waals surface area (Å²) in [5.74, 6) is 0.0728. The molecule has 0 radical (unpaired) electrons. The van der Waals surface area contributed by atoms with E-state index in [2.05, 4.69) is 9.97 Å². The first kappa shape index (κ1) is 11.8. The minimum atomic E-state index is -0.412. The van der Waals surface area contributed by atoms with Gasteiger partial charge in [-0.1, -0.05) is 18.2 Å². The molecule has 0 spiro atoms. The zero-order valence-electron chi connectivity index (χ0n) is 10.8. The van der Waals surface area contributed by atoms with Crippen molar-refractivity contribution >= 4 is 21.9 Å². The zero-order valence-corrected chi connectivity index (χ0v) is 10.8. The molecule has 0 amide bonds. The number of hydrogen-bond donors (Lipinski definition) is 1. The maximum atomic E-state index is 13.7. The van der Waals surface area contributed by atoms with E-state index >= 15 is 0 Å². The van der Waals surface area contributed by atoms with E-state index < -0.39 is 5.82 Å². The lowest BCUT2D eigenvalue weighted by molar-refractivity contribution is 0.569. The predicted octanol–water partition coefficient (Wildman–Crippen LogP) is 3.48. The Morgan fingerprint density at radius 2 is 2.00 bits per heavy atom. The first-order valence-electron chi connectivity index (χ1n) is 6.39. The fourth-order valence-corrected chi connectivity index (χ4v) is 2.46. The van der Waals surface area contributed by atoms with Crippen LogP contribution in [0.3, 0.4) is 0 Å². The van der Waals surface area contributed by atoms with Gasteiger partial charge in [0.15, 0.2) is 11.4 Å². The maximum Gasteiger partial charge on any atom is 0.258 e. The molecule has 0 aliphatic carbocycles. The Morgan fingerprint density at radius 1 is 1.14 bits per heavy atom. The molecule has 0 fully saturated rings. The van der Waals surface area contributed by atoms with E-state index in [1.807, 2.05) is 0 Å². The van der Waals surface area contributed by atoms with Crippen LogP contribution in [-0.4, -0.2) is 9.97 Å². The van der Waals surface area contributed by atoms with Crippen LogP contribution in [0.15, 0.2) is 58.0 Å². The molecule has 4 rings (SSSR count). The van der Waals surface area contributed by atoms with Gasteiger partial charge in [-0.25, -0.2) is 9.37 Å². The van der Waals surface area contributed by atoms with Gasteiger partial charge in [0.2, 0.25) is 0 Å².